The first-order valence-electron chi connectivity index (χ1n) is 14.3. The summed E-state index contributed by atoms with van der Waals surface area (Å²) in [6.07, 6.45) is 5.54. The molecule has 2 N–H and O–H groups in total. The molecule has 0 bridgehead atoms. The molecule has 216 valence electrons. The molecule has 9 nitrogen and oxygen atoms in total. The highest BCUT2D eigenvalue weighted by molar-refractivity contribution is 6.74. The molecule has 2 aliphatic heterocycles. The van der Waals surface area contributed by atoms with Gasteiger partial charge in [0, 0.05) is 43.1 Å². The Hall–Kier alpha value is -3.52. The van der Waals surface area contributed by atoms with E-state index in [1.165, 1.54) is 0 Å². The fourth-order valence-corrected chi connectivity index (χ4v) is 5.97. The Morgan fingerprint density at radius 2 is 2.05 bits per heavy atom. The van der Waals surface area contributed by atoms with Gasteiger partial charge >= 0.3 is 0 Å². The standard InChI is InChI=1S/C31H40N6O3Si/c1-30(2,3)41(5,6)40-20-31(4)19-35-27-22(17-32)15-21(16-24(27)31)25-11-13-34-29(36-25)37-26-10-7-12-33-28(26)39-18-23-9-8-14-38-23/h7,10-13,15-16,23,35H,8-9,14,18-20H2,1-6H3,(H,34,36,37)/t23-,31-/m1/s1. The summed E-state index contributed by atoms with van der Waals surface area (Å²) in [6, 6.07) is 12.0. The molecule has 1 aromatic carbocycles. The van der Waals surface area contributed by atoms with Gasteiger partial charge in [-0.1, -0.05) is 27.7 Å². The Labute approximate surface area is 243 Å². The van der Waals surface area contributed by atoms with Crippen LogP contribution < -0.4 is 15.4 Å². The third kappa shape index (κ3) is 6.22. The smallest absolute Gasteiger partial charge is 0.237 e. The van der Waals surface area contributed by atoms with E-state index in [2.05, 4.69) is 73.5 Å². The molecule has 0 saturated carbocycles. The summed E-state index contributed by atoms with van der Waals surface area (Å²) in [5.41, 5.74) is 4.53. The first-order valence-corrected chi connectivity index (χ1v) is 17.2. The quantitative estimate of drug-likeness (QED) is 0.280. The lowest BCUT2D eigenvalue weighted by molar-refractivity contribution is 0.0666. The Morgan fingerprint density at radius 1 is 1.22 bits per heavy atom. The van der Waals surface area contributed by atoms with E-state index in [-0.39, 0.29) is 16.6 Å². The van der Waals surface area contributed by atoms with Gasteiger partial charge in [-0.05, 0) is 66.9 Å². The second-order valence-corrected chi connectivity index (χ2v) is 17.5. The van der Waals surface area contributed by atoms with Crippen molar-refractivity contribution in [3.63, 3.8) is 0 Å². The second-order valence-electron chi connectivity index (χ2n) is 12.7. The Kier molecular flexibility index (Phi) is 8.06. The van der Waals surface area contributed by atoms with Crippen LogP contribution in [-0.2, 0) is 14.6 Å². The highest BCUT2D eigenvalue weighted by atomic mass is 28.4. The van der Waals surface area contributed by atoms with Crippen molar-refractivity contribution in [1.82, 2.24) is 15.0 Å². The molecular weight excluding hydrogens is 532 g/mol. The van der Waals surface area contributed by atoms with Gasteiger partial charge in [0.05, 0.1) is 23.0 Å². The SMILES string of the molecule is CC(C)(C)[Si](C)(C)OC[C@@]1(C)CNc2c(C#N)cc(-c3ccnc(Nc4cccnc4OC[C@H]4CCCO4)n3)cc21. The maximum Gasteiger partial charge on any atom is 0.237 e. The van der Waals surface area contributed by atoms with E-state index >= 15 is 0 Å². The van der Waals surface area contributed by atoms with Gasteiger partial charge in [-0.2, -0.15) is 5.26 Å². The van der Waals surface area contributed by atoms with Crippen LogP contribution in [0.5, 0.6) is 5.88 Å². The van der Waals surface area contributed by atoms with Gasteiger partial charge in [-0.25, -0.2) is 15.0 Å². The van der Waals surface area contributed by atoms with Crippen molar-refractivity contribution >= 4 is 25.6 Å². The van der Waals surface area contributed by atoms with Crippen LogP contribution in [0.15, 0.2) is 42.7 Å². The van der Waals surface area contributed by atoms with Crippen molar-refractivity contribution in [3.05, 3.63) is 53.9 Å². The molecule has 0 aliphatic carbocycles. The Bertz CT molecular complexity index is 1440. The van der Waals surface area contributed by atoms with Gasteiger partial charge in [0.2, 0.25) is 11.8 Å². The first-order chi connectivity index (χ1) is 19.5. The van der Waals surface area contributed by atoms with Crippen molar-refractivity contribution < 1.29 is 13.9 Å². The zero-order valence-corrected chi connectivity index (χ0v) is 25.9. The fourth-order valence-electron chi connectivity index (χ4n) is 4.86. The number of rotatable bonds is 9. The summed E-state index contributed by atoms with van der Waals surface area (Å²) in [7, 11) is -1.95. The van der Waals surface area contributed by atoms with Crippen molar-refractivity contribution in [1.29, 1.82) is 5.26 Å². The van der Waals surface area contributed by atoms with Gasteiger partial charge in [0.1, 0.15) is 18.4 Å². The molecule has 2 atom stereocenters. The van der Waals surface area contributed by atoms with E-state index in [4.69, 9.17) is 18.9 Å². The summed E-state index contributed by atoms with van der Waals surface area (Å²) in [4.78, 5) is 13.6. The number of nitrogens with one attached hydrogen (secondary N) is 2. The van der Waals surface area contributed by atoms with Gasteiger partial charge in [0.25, 0.3) is 0 Å². The number of hydrogen-bond donors (Lipinski definition) is 2. The van der Waals surface area contributed by atoms with Crippen LogP contribution in [0.4, 0.5) is 17.3 Å². The highest BCUT2D eigenvalue weighted by Gasteiger charge is 2.42. The summed E-state index contributed by atoms with van der Waals surface area (Å²) >= 11 is 0. The molecule has 0 radical (unpaired) electrons. The molecule has 2 aliphatic rings. The minimum Gasteiger partial charge on any atom is -0.473 e. The Morgan fingerprint density at radius 3 is 2.78 bits per heavy atom. The van der Waals surface area contributed by atoms with Crippen LogP contribution in [-0.4, -0.2) is 55.7 Å². The average molecular weight is 573 g/mol. The molecular formula is C31H40N6O3Si. The number of ether oxygens (including phenoxy) is 2. The largest absolute Gasteiger partial charge is 0.473 e. The number of benzene rings is 1. The van der Waals surface area contributed by atoms with E-state index in [0.717, 1.165) is 36.3 Å². The van der Waals surface area contributed by atoms with Crippen LogP contribution in [0.25, 0.3) is 11.3 Å². The van der Waals surface area contributed by atoms with Crippen LogP contribution in [0.2, 0.25) is 18.1 Å². The van der Waals surface area contributed by atoms with Gasteiger partial charge in [0.15, 0.2) is 8.32 Å². The number of anilines is 3. The molecule has 0 spiro atoms. The normalized spacial score (nSPS) is 20.3. The van der Waals surface area contributed by atoms with Gasteiger partial charge < -0.3 is 24.5 Å². The van der Waals surface area contributed by atoms with Crippen molar-refractivity contribution in [2.45, 2.75) is 70.2 Å². The topological polar surface area (TPSA) is 114 Å². The van der Waals surface area contributed by atoms with Crippen LogP contribution in [0.1, 0.15) is 51.7 Å². The molecule has 1 saturated heterocycles. The fraction of sp³-hybridized carbons (Fsp3) is 0.484. The molecule has 5 rings (SSSR count). The number of nitrogens with zero attached hydrogens (tertiary/aromatic N) is 4. The van der Waals surface area contributed by atoms with Crippen LogP contribution in [0.3, 0.4) is 0 Å². The molecule has 41 heavy (non-hydrogen) atoms. The second kappa shape index (κ2) is 11.4. The zero-order valence-electron chi connectivity index (χ0n) is 24.9. The summed E-state index contributed by atoms with van der Waals surface area (Å²) in [6.45, 7) is 16.0. The van der Waals surface area contributed by atoms with E-state index < -0.39 is 8.32 Å². The lowest BCUT2D eigenvalue weighted by Crippen LogP contribution is -2.45. The lowest BCUT2D eigenvalue weighted by atomic mass is 9.83. The Balaban J connectivity index is 1.40. The van der Waals surface area contributed by atoms with E-state index in [1.807, 2.05) is 24.3 Å². The van der Waals surface area contributed by atoms with Crippen LogP contribution in [0, 0.1) is 11.3 Å². The summed E-state index contributed by atoms with van der Waals surface area (Å²) < 4.78 is 18.3. The van der Waals surface area contributed by atoms with Crippen molar-refractivity contribution in [3.8, 4) is 23.2 Å². The summed E-state index contributed by atoms with van der Waals surface area (Å²) in [5.74, 6) is 0.892. The molecule has 0 unspecified atom stereocenters. The molecule has 3 aromatic rings. The number of fused-ring (bicyclic) bond motifs is 1. The predicted octanol–water partition coefficient (Wildman–Crippen LogP) is 6.42. The van der Waals surface area contributed by atoms with Crippen molar-refractivity contribution in [2.75, 3.05) is 37.0 Å². The van der Waals surface area contributed by atoms with Crippen LogP contribution >= 0.6 is 0 Å². The van der Waals surface area contributed by atoms with E-state index in [0.29, 0.717) is 48.5 Å². The molecule has 10 heteroatoms. The number of pyridine rings is 1. The number of hydrogen-bond acceptors (Lipinski definition) is 9. The molecule has 0 amide bonds. The van der Waals surface area contributed by atoms with E-state index in [9.17, 15) is 5.26 Å². The van der Waals surface area contributed by atoms with E-state index in [1.54, 1.807) is 12.4 Å². The minimum absolute atomic E-state index is 0.0889. The predicted molar refractivity (Wildman–Crippen MR) is 163 cm³/mol. The summed E-state index contributed by atoms with van der Waals surface area (Å²) in [5, 5.41) is 16.9. The molecule has 2 aromatic heterocycles. The molecule has 1 fully saturated rings. The monoisotopic (exact) mass is 572 g/mol. The minimum atomic E-state index is -1.95. The maximum absolute atomic E-state index is 10.0. The maximum atomic E-state index is 10.0. The third-order valence-electron chi connectivity index (χ3n) is 8.52. The number of aromatic nitrogens is 3. The van der Waals surface area contributed by atoms with Gasteiger partial charge in [-0.15, -0.1) is 0 Å². The molecule has 4 heterocycles. The van der Waals surface area contributed by atoms with Gasteiger partial charge in [-0.3, -0.25) is 0 Å². The highest BCUT2D eigenvalue weighted by Crippen LogP contribution is 2.44. The first kappa shape index (κ1) is 29.0. The third-order valence-corrected chi connectivity index (χ3v) is 13.0. The lowest BCUT2D eigenvalue weighted by Gasteiger charge is -2.39. The zero-order chi connectivity index (χ0) is 29.3. The van der Waals surface area contributed by atoms with Crippen molar-refractivity contribution in [2.24, 2.45) is 0 Å². The number of nitriles is 1. The average Bonchev–Trinajstić information content (AvgIpc) is 3.59.